The predicted octanol–water partition coefficient (Wildman–Crippen LogP) is 6.28. The maximum absolute atomic E-state index is 12.0. The molecule has 0 fully saturated rings. The van der Waals surface area contributed by atoms with Crippen LogP contribution in [0, 0.1) is 13.8 Å². The third-order valence-corrected chi connectivity index (χ3v) is 4.60. The van der Waals surface area contributed by atoms with Gasteiger partial charge in [0.2, 0.25) is 5.89 Å². The Kier molecular flexibility index (Phi) is 5.46. The van der Waals surface area contributed by atoms with Gasteiger partial charge in [0.1, 0.15) is 5.75 Å². The highest BCUT2D eigenvalue weighted by Crippen LogP contribution is 2.34. The first-order valence-corrected chi connectivity index (χ1v) is 9.86. The maximum Gasteiger partial charge on any atom is 0.328 e. The van der Waals surface area contributed by atoms with Crippen LogP contribution in [0.3, 0.4) is 0 Å². The molecule has 2 heterocycles. The Hall–Kier alpha value is -3.32. The van der Waals surface area contributed by atoms with E-state index in [9.17, 15) is 5.11 Å². The molecule has 0 atom stereocenters. The van der Waals surface area contributed by atoms with Crippen LogP contribution in [-0.2, 0) is 5.11 Å². The molecule has 0 saturated heterocycles. The van der Waals surface area contributed by atoms with Gasteiger partial charge in [0.05, 0.1) is 6.61 Å². The van der Waals surface area contributed by atoms with Crippen molar-refractivity contribution in [2.24, 2.45) is 0 Å². The fourth-order valence-electron chi connectivity index (χ4n) is 2.96. The lowest BCUT2D eigenvalue weighted by atomic mass is 10.1. The van der Waals surface area contributed by atoms with Crippen LogP contribution in [0.4, 0.5) is 0 Å². The maximum atomic E-state index is 12.0. The molecular formula is C22H19ClN3O4. The van der Waals surface area contributed by atoms with E-state index in [1.807, 2.05) is 6.92 Å². The number of benzene rings is 2. The second kappa shape index (κ2) is 8.20. The fourth-order valence-corrected chi connectivity index (χ4v) is 3.14. The molecule has 4 aromatic rings. The van der Waals surface area contributed by atoms with Crippen LogP contribution in [0.25, 0.3) is 22.7 Å². The predicted molar refractivity (Wildman–Crippen MR) is 112 cm³/mol. The van der Waals surface area contributed by atoms with E-state index in [0.29, 0.717) is 45.5 Å². The third kappa shape index (κ3) is 4.02. The van der Waals surface area contributed by atoms with Crippen LogP contribution in [-0.4, -0.2) is 21.6 Å². The van der Waals surface area contributed by atoms with Crippen LogP contribution in [0.5, 0.6) is 23.4 Å². The van der Waals surface area contributed by atoms with Gasteiger partial charge in [-0.3, -0.25) is 5.11 Å². The summed E-state index contributed by atoms with van der Waals surface area (Å²) in [4.78, 5) is 13.2. The van der Waals surface area contributed by atoms with Gasteiger partial charge in [-0.05, 0) is 61.7 Å². The average molecular weight is 425 g/mol. The van der Waals surface area contributed by atoms with Gasteiger partial charge in [-0.15, -0.1) is 0 Å². The van der Waals surface area contributed by atoms with Gasteiger partial charge in [-0.25, -0.2) is 4.98 Å². The Morgan fingerprint density at radius 1 is 1.07 bits per heavy atom. The number of ether oxygens (including phenoxy) is 2. The quantitative estimate of drug-likeness (QED) is 0.361. The van der Waals surface area contributed by atoms with Crippen molar-refractivity contribution in [3.8, 4) is 34.8 Å². The van der Waals surface area contributed by atoms with E-state index in [4.69, 9.17) is 25.5 Å². The van der Waals surface area contributed by atoms with Crippen LogP contribution >= 0.6 is 11.6 Å². The normalized spacial score (nSPS) is 11.1. The second-order valence-electron chi connectivity index (χ2n) is 6.83. The number of aromatic nitrogens is 3. The molecule has 0 saturated carbocycles. The molecule has 0 amide bonds. The van der Waals surface area contributed by atoms with Crippen molar-refractivity contribution in [2.45, 2.75) is 27.2 Å². The lowest BCUT2D eigenvalue weighted by molar-refractivity contribution is 0.302. The summed E-state index contributed by atoms with van der Waals surface area (Å²) in [6.45, 7) is 5.96. The van der Waals surface area contributed by atoms with Gasteiger partial charge in [-0.1, -0.05) is 24.6 Å². The van der Waals surface area contributed by atoms with E-state index in [2.05, 4.69) is 15.0 Å². The number of aryl methyl sites for hydroxylation is 2. The molecule has 0 aliphatic heterocycles. The Morgan fingerprint density at radius 2 is 1.83 bits per heavy atom. The highest BCUT2D eigenvalue weighted by Gasteiger charge is 2.19. The lowest BCUT2D eigenvalue weighted by Gasteiger charge is -2.07. The van der Waals surface area contributed by atoms with E-state index >= 15 is 0 Å². The molecule has 0 N–H and O–H groups in total. The number of hydrogen-bond acceptors (Lipinski definition) is 6. The molecule has 4 rings (SSSR count). The van der Waals surface area contributed by atoms with E-state index in [1.165, 1.54) is 0 Å². The summed E-state index contributed by atoms with van der Waals surface area (Å²) in [5.74, 6) is 1.08. The minimum atomic E-state index is -0.00108. The number of rotatable bonds is 6. The zero-order valence-electron chi connectivity index (χ0n) is 16.7. The standard InChI is InChI=1S/C22H19ClN3O4/c1-4-8-28-20-17-21(26-22(25-20)29-16-7-5-6-15(23)11-16)30-19(24-17)14-9-12(2)18(27)13(3)10-14/h5-7,9-11H,4,8H2,1-3H3. The van der Waals surface area contributed by atoms with E-state index < -0.39 is 0 Å². The summed E-state index contributed by atoms with van der Waals surface area (Å²) >= 11 is 6.02. The summed E-state index contributed by atoms with van der Waals surface area (Å²) < 4.78 is 17.4. The zero-order valence-corrected chi connectivity index (χ0v) is 17.5. The summed E-state index contributed by atoms with van der Waals surface area (Å²) in [6.07, 6.45) is 0.796. The molecule has 2 aromatic carbocycles. The summed E-state index contributed by atoms with van der Waals surface area (Å²) in [5, 5.41) is 12.6. The number of oxazole rings is 1. The van der Waals surface area contributed by atoms with Crippen LogP contribution in [0.1, 0.15) is 24.5 Å². The van der Waals surface area contributed by atoms with Gasteiger partial charge in [-0.2, -0.15) is 9.97 Å². The highest BCUT2D eigenvalue weighted by atomic mass is 35.5. The number of nitrogens with zero attached hydrogens (tertiary/aromatic N) is 3. The van der Waals surface area contributed by atoms with Crippen molar-refractivity contribution >= 4 is 22.8 Å². The summed E-state index contributed by atoms with van der Waals surface area (Å²) in [7, 11) is 0. The molecule has 2 aromatic heterocycles. The third-order valence-electron chi connectivity index (χ3n) is 4.36. The molecule has 30 heavy (non-hydrogen) atoms. The molecule has 1 radical (unpaired) electrons. The van der Waals surface area contributed by atoms with Gasteiger partial charge < -0.3 is 13.9 Å². The van der Waals surface area contributed by atoms with Crippen molar-refractivity contribution < 1.29 is 19.0 Å². The van der Waals surface area contributed by atoms with Gasteiger partial charge in [0.25, 0.3) is 11.6 Å². The van der Waals surface area contributed by atoms with Gasteiger partial charge in [0, 0.05) is 10.6 Å². The Balaban J connectivity index is 1.79. The highest BCUT2D eigenvalue weighted by molar-refractivity contribution is 6.30. The molecular weight excluding hydrogens is 406 g/mol. The van der Waals surface area contributed by atoms with E-state index in [-0.39, 0.29) is 23.4 Å². The van der Waals surface area contributed by atoms with Crippen LogP contribution < -0.4 is 9.47 Å². The summed E-state index contributed by atoms with van der Waals surface area (Å²) in [6, 6.07) is 10.4. The molecule has 0 aliphatic rings. The molecule has 0 bridgehead atoms. The number of hydrogen-bond donors (Lipinski definition) is 0. The van der Waals surface area contributed by atoms with Gasteiger partial charge in [0.15, 0.2) is 11.3 Å². The first kappa shape index (κ1) is 20.0. The monoisotopic (exact) mass is 424 g/mol. The minimum Gasteiger partial charge on any atom is -0.476 e. The Bertz CT molecular complexity index is 1200. The van der Waals surface area contributed by atoms with Crippen molar-refractivity contribution in [2.75, 3.05) is 6.61 Å². The number of fused-ring (bicyclic) bond motifs is 1. The molecule has 0 spiro atoms. The van der Waals surface area contributed by atoms with E-state index in [0.717, 1.165) is 6.42 Å². The smallest absolute Gasteiger partial charge is 0.328 e. The molecule has 0 unspecified atom stereocenters. The van der Waals surface area contributed by atoms with E-state index in [1.54, 1.807) is 50.2 Å². The van der Waals surface area contributed by atoms with Crippen molar-refractivity contribution in [3.05, 3.63) is 52.5 Å². The first-order chi connectivity index (χ1) is 14.4. The first-order valence-electron chi connectivity index (χ1n) is 9.48. The number of halogens is 1. The fraction of sp³-hybridized carbons (Fsp3) is 0.227. The zero-order chi connectivity index (χ0) is 21.3. The average Bonchev–Trinajstić information content (AvgIpc) is 3.14. The second-order valence-corrected chi connectivity index (χ2v) is 7.27. The Morgan fingerprint density at radius 3 is 2.53 bits per heavy atom. The molecule has 8 heteroatoms. The topological polar surface area (TPSA) is 90.2 Å². The molecule has 0 aliphatic carbocycles. The lowest BCUT2D eigenvalue weighted by Crippen LogP contribution is -2.01. The summed E-state index contributed by atoms with van der Waals surface area (Å²) in [5.41, 5.74) is 2.53. The molecule has 7 nitrogen and oxygen atoms in total. The van der Waals surface area contributed by atoms with Crippen molar-refractivity contribution in [3.63, 3.8) is 0 Å². The molecule has 153 valence electrons. The SMILES string of the molecule is CCCOc1nc(Oc2cccc(Cl)c2)nc2oc(-c3cc(C)c([O])c(C)c3)nc12. The Labute approximate surface area is 178 Å². The minimum absolute atomic E-state index is 0.00108. The van der Waals surface area contributed by atoms with Crippen LogP contribution in [0.2, 0.25) is 5.02 Å². The largest absolute Gasteiger partial charge is 0.476 e. The van der Waals surface area contributed by atoms with Crippen molar-refractivity contribution in [1.82, 2.24) is 15.0 Å². The van der Waals surface area contributed by atoms with Gasteiger partial charge >= 0.3 is 6.01 Å². The van der Waals surface area contributed by atoms with Crippen molar-refractivity contribution in [1.29, 1.82) is 0 Å². The van der Waals surface area contributed by atoms with Crippen LogP contribution in [0.15, 0.2) is 40.8 Å².